The molecule has 0 radical (unpaired) electrons. The Kier molecular flexibility index (Phi) is 5.82. The van der Waals surface area contributed by atoms with Crippen LogP contribution >= 0.6 is 0 Å². The van der Waals surface area contributed by atoms with E-state index in [1.165, 1.54) is 17.7 Å². The Morgan fingerprint density at radius 1 is 0.964 bits per heavy atom. The maximum Gasteiger partial charge on any atom is 0.416 e. The highest BCUT2D eigenvalue weighted by Crippen LogP contribution is 2.29. The van der Waals surface area contributed by atoms with Crippen LogP contribution in [-0.4, -0.2) is 15.7 Å². The fourth-order valence-corrected chi connectivity index (χ4v) is 2.80. The van der Waals surface area contributed by atoms with Crippen LogP contribution < -0.4 is 5.32 Å². The molecule has 1 amide bonds. The summed E-state index contributed by atoms with van der Waals surface area (Å²) in [5.74, 6) is 0.222. The van der Waals surface area contributed by atoms with E-state index in [4.69, 9.17) is 0 Å². The molecule has 0 unspecified atom stereocenters. The number of benzene rings is 2. The summed E-state index contributed by atoms with van der Waals surface area (Å²) in [6.07, 6.45) is -1.85. The predicted molar refractivity (Wildman–Crippen MR) is 101 cm³/mol. The van der Waals surface area contributed by atoms with E-state index in [9.17, 15) is 18.0 Å². The van der Waals surface area contributed by atoms with Crippen LogP contribution in [0.25, 0.3) is 0 Å². The second kappa shape index (κ2) is 8.29. The number of halogens is 3. The van der Waals surface area contributed by atoms with E-state index in [1.54, 1.807) is 16.9 Å². The third-order valence-corrected chi connectivity index (χ3v) is 4.39. The first kappa shape index (κ1) is 19.7. The molecule has 7 heteroatoms. The number of carbonyl (C=O) groups excluding carboxylic acids is 1. The summed E-state index contributed by atoms with van der Waals surface area (Å²) in [6, 6.07) is 14.4. The van der Waals surface area contributed by atoms with Gasteiger partial charge in [0.05, 0.1) is 24.7 Å². The first-order chi connectivity index (χ1) is 13.3. The molecule has 0 fully saturated rings. The number of rotatable bonds is 6. The zero-order valence-corrected chi connectivity index (χ0v) is 15.3. The molecular weight excluding hydrogens is 367 g/mol. The van der Waals surface area contributed by atoms with E-state index < -0.39 is 11.7 Å². The third kappa shape index (κ3) is 5.00. The average Bonchev–Trinajstić information content (AvgIpc) is 3.08. The lowest BCUT2D eigenvalue weighted by Crippen LogP contribution is -2.18. The normalized spacial score (nSPS) is 11.4. The summed E-state index contributed by atoms with van der Waals surface area (Å²) in [5.41, 5.74) is 2.07. The van der Waals surface area contributed by atoms with Gasteiger partial charge in [0, 0.05) is 6.07 Å². The van der Waals surface area contributed by atoms with E-state index in [-0.39, 0.29) is 12.3 Å². The second-order valence-electron chi connectivity index (χ2n) is 6.46. The molecule has 1 N–H and O–H groups in total. The van der Waals surface area contributed by atoms with E-state index >= 15 is 0 Å². The van der Waals surface area contributed by atoms with Crippen LogP contribution in [0.15, 0.2) is 60.8 Å². The number of anilines is 1. The first-order valence-electron chi connectivity index (χ1n) is 8.91. The highest BCUT2D eigenvalue weighted by atomic mass is 19.4. The van der Waals surface area contributed by atoms with Gasteiger partial charge < -0.3 is 5.32 Å². The van der Waals surface area contributed by atoms with Crippen molar-refractivity contribution in [3.05, 3.63) is 83.0 Å². The van der Waals surface area contributed by atoms with Gasteiger partial charge in [-0.25, -0.2) is 4.68 Å². The SMILES string of the molecule is CCc1ccc(Cn2nccc2NC(=O)Cc2ccc(C(F)(F)F)cc2)cc1. The maximum absolute atomic E-state index is 12.6. The molecule has 0 atom stereocenters. The highest BCUT2D eigenvalue weighted by molar-refractivity contribution is 5.91. The van der Waals surface area contributed by atoms with Crippen LogP contribution in [-0.2, 0) is 30.4 Å². The summed E-state index contributed by atoms with van der Waals surface area (Å²) in [5, 5.41) is 7.00. The number of nitrogens with zero attached hydrogens (tertiary/aromatic N) is 2. The molecule has 4 nitrogen and oxygen atoms in total. The number of nitrogens with one attached hydrogen (secondary N) is 1. The van der Waals surface area contributed by atoms with E-state index in [0.29, 0.717) is 17.9 Å². The lowest BCUT2D eigenvalue weighted by Gasteiger charge is -2.10. The summed E-state index contributed by atoms with van der Waals surface area (Å²) in [4.78, 5) is 12.3. The molecule has 28 heavy (non-hydrogen) atoms. The van der Waals surface area contributed by atoms with Gasteiger partial charge >= 0.3 is 6.18 Å². The van der Waals surface area contributed by atoms with Gasteiger partial charge in [-0.2, -0.15) is 18.3 Å². The van der Waals surface area contributed by atoms with Crippen LogP contribution in [0, 0.1) is 0 Å². The van der Waals surface area contributed by atoms with Gasteiger partial charge in [-0.3, -0.25) is 4.79 Å². The molecule has 3 aromatic rings. The minimum Gasteiger partial charge on any atom is -0.311 e. The number of hydrogen-bond donors (Lipinski definition) is 1. The van der Waals surface area contributed by atoms with Crippen molar-refractivity contribution >= 4 is 11.7 Å². The van der Waals surface area contributed by atoms with E-state index in [0.717, 1.165) is 24.1 Å². The fourth-order valence-electron chi connectivity index (χ4n) is 2.80. The number of alkyl halides is 3. The van der Waals surface area contributed by atoms with Crippen LogP contribution in [0.5, 0.6) is 0 Å². The second-order valence-corrected chi connectivity index (χ2v) is 6.46. The average molecular weight is 387 g/mol. The van der Waals surface area contributed by atoms with Crippen molar-refractivity contribution < 1.29 is 18.0 Å². The molecule has 0 aliphatic heterocycles. The van der Waals surface area contributed by atoms with Crippen LogP contribution in [0.2, 0.25) is 0 Å². The fraction of sp³-hybridized carbons (Fsp3) is 0.238. The number of aromatic nitrogens is 2. The van der Waals surface area contributed by atoms with Crippen molar-refractivity contribution in [2.45, 2.75) is 32.5 Å². The standard InChI is InChI=1S/C21H20F3N3O/c1-2-15-3-5-17(6-4-15)14-27-19(11-12-25-27)26-20(28)13-16-7-9-18(10-8-16)21(22,23)24/h3-12H,2,13-14H2,1H3,(H,26,28). The third-order valence-electron chi connectivity index (χ3n) is 4.39. The lowest BCUT2D eigenvalue weighted by atomic mass is 10.1. The molecule has 0 saturated carbocycles. The van der Waals surface area contributed by atoms with Crippen molar-refractivity contribution in [2.75, 3.05) is 5.32 Å². The Balaban J connectivity index is 1.62. The van der Waals surface area contributed by atoms with Crippen LogP contribution in [0.1, 0.15) is 29.2 Å². The number of hydrogen-bond acceptors (Lipinski definition) is 2. The molecule has 0 aliphatic rings. The summed E-state index contributed by atoms with van der Waals surface area (Å²) >= 11 is 0. The van der Waals surface area contributed by atoms with Crippen LogP contribution in [0.4, 0.5) is 19.0 Å². The summed E-state index contributed by atoms with van der Waals surface area (Å²) in [6.45, 7) is 2.60. The Bertz CT molecular complexity index is 929. The summed E-state index contributed by atoms with van der Waals surface area (Å²) in [7, 11) is 0. The minimum absolute atomic E-state index is 0.0193. The van der Waals surface area contributed by atoms with Crippen molar-refractivity contribution in [1.29, 1.82) is 0 Å². The van der Waals surface area contributed by atoms with Crippen molar-refractivity contribution in [3.8, 4) is 0 Å². The molecule has 3 rings (SSSR count). The van der Waals surface area contributed by atoms with Gasteiger partial charge in [0.1, 0.15) is 5.82 Å². The lowest BCUT2D eigenvalue weighted by molar-refractivity contribution is -0.137. The zero-order chi connectivity index (χ0) is 20.1. The zero-order valence-electron chi connectivity index (χ0n) is 15.3. The van der Waals surface area contributed by atoms with Crippen molar-refractivity contribution in [3.63, 3.8) is 0 Å². The van der Waals surface area contributed by atoms with Gasteiger partial charge in [0.25, 0.3) is 0 Å². The van der Waals surface area contributed by atoms with Crippen LogP contribution in [0.3, 0.4) is 0 Å². The first-order valence-corrected chi connectivity index (χ1v) is 8.91. The Morgan fingerprint density at radius 3 is 2.18 bits per heavy atom. The van der Waals surface area contributed by atoms with Gasteiger partial charge in [0.15, 0.2) is 0 Å². The number of aryl methyl sites for hydroxylation is 1. The van der Waals surface area contributed by atoms with Gasteiger partial charge in [0.2, 0.25) is 5.91 Å². The topological polar surface area (TPSA) is 46.9 Å². The Morgan fingerprint density at radius 2 is 1.57 bits per heavy atom. The maximum atomic E-state index is 12.6. The van der Waals surface area contributed by atoms with E-state index in [1.807, 2.05) is 12.1 Å². The highest BCUT2D eigenvalue weighted by Gasteiger charge is 2.29. The molecule has 0 bridgehead atoms. The predicted octanol–water partition coefficient (Wildman–Crippen LogP) is 4.69. The quantitative estimate of drug-likeness (QED) is 0.667. The van der Waals surface area contributed by atoms with E-state index in [2.05, 4.69) is 29.5 Å². The van der Waals surface area contributed by atoms with Crippen molar-refractivity contribution in [1.82, 2.24) is 9.78 Å². The van der Waals surface area contributed by atoms with Gasteiger partial charge in [-0.1, -0.05) is 43.3 Å². The smallest absolute Gasteiger partial charge is 0.311 e. The molecule has 0 aliphatic carbocycles. The molecule has 146 valence electrons. The van der Waals surface area contributed by atoms with Gasteiger partial charge in [-0.15, -0.1) is 0 Å². The molecule has 1 aromatic heterocycles. The molecular formula is C21H20F3N3O. The Labute approximate surface area is 161 Å². The number of amides is 1. The van der Waals surface area contributed by atoms with Crippen molar-refractivity contribution in [2.24, 2.45) is 0 Å². The summed E-state index contributed by atoms with van der Waals surface area (Å²) < 4.78 is 39.5. The minimum atomic E-state index is -4.39. The molecule has 0 spiro atoms. The molecule has 1 heterocycles. The van der Waals surface area contributed by atoms with Gasteiger partial charge in [-0.05, 0) is 35.2 Å². The monoisotopic (exact) mass is 387 g/mol. The Hall–Kier alpha value is -3.09. The molecule has 0 saturated heterocycles. The number of carbonyl (C=O) groups is 1. The molecule has 2 aromatic carbocycles. The largest absolute Gasteiger partial charge is 0.416 e.